The van der Waals surface area contributed by atoms with Crippen LogP contribution in [0, 0.1) is 0 Å². The van der Waals surface area contributed by atoms with Gasteiger partial charge < -0.3 is 14.9 Å². The maximum atomic E-state index is 12.2. The molecule has 0 aromatic carbocycles. The molecule has 0 aromatic rings. The summed E-state index contributed by atoms with van der Waals surface area (Å²) < 4.78 is 36.6. The second-order valence-electron chi connectivity index (χ2n) is 4.31. The summed E-state index contributed by atoms with van der Waals surface area (Å²) in [4.78, 5) is 23.5. The number of hydrogen-bond acceptors (Lipinski definition) is 2. The van der Waals surface area contributed by atoms with Gasteiger partial charge in [0.05, 0.1) is 6.04 Å². The summed E-state index contributed by atoms with van der Waals surface area (Å²) in [5.41, 5.74) is 0. The van der Waals surface area contributed by atoms with E-state index >= 15 is 0 Å². The molecule has 1 N–H and O–H groups in total. The molecule has 1 aliphatic rings. The van der Waals surface area contributed by atoms with E-state index in [1.54, 1.807) is 0 Å². The average molecular weight is 268 g/mol. The first-order chi connectivity index (χ1) is 8.23. The zero-order valence-electron chi connectivity index (χ0n) is 9.90. The number of amides is 2. The highest BCUT2D eigenvalue weighted by molar-refractivity contribution is 5.81. The van der Waals surface area contributed by atoms with Gasteiger partial charge >= 0.3 is 18.2 Å². The Morgan fingerprint density at radius 1 is 1.39 bits per heavy atom. The monoisotopic (exact) mass is 268 g/mol. The summed E-state index contributed by atoms with van der Waals surface area (Å²) in [6.07, 6.45) is -4.16. The van der Waals surface area contributed by atoms with Gasteiger partial charge in [0, 0.05) is 20.1 Å². The number of carbonyl (C=O) groups excluding carboxylic acids is 1. The predicted octanol–water partition coefficient (Wildman–Crippen LogP) is 1.54. The van der Waals surface area contributed by atoms with E-state index in [0.717, 1.165) is 18.4 Å². The molecule has 0 spiro atoms. The van der Waals surface area contributed by atoms with E-state index in [1.165, 1.54) is 0 Å². The molecule has 5 nitrogen and oxygen atoms in total. The molecule has 0 unspecified atom stereocenters. The van der Waals surface area contributed by atoms with Crippen molar-refractivity contribution in [2.45, 2.75) is 31.5 Å². The Balaban J connectivity index is 2.64. The third-order valence-corrected chi connectivity index (χ3v) is 2.95. The number of hydrogen-bond donors (Lipinski definition) is 1. The number of likely N-dealkylation sites (N-methyl/N-ethyl adjacent to an activating group) is 1. The summed E-state index contributed by atoms with van der Waals surface area (Å²) >= 11 is 0. The number of likely N-dealkylation sites (tertiary alicyclic amines) is 1. The highest BCUT2D eigenvalue weighted by Crippen LogP contribution is 2.21. The number of rotatable bonds is 2. The number of alkyl halides is 3. The fraction of sp³-hybridized carbons (Fsp3) is 0.800. The van der Waals surface area contributed by atoms with E-state index in [4.69, 9.17) is 5.11 Å². The lowest BCUT2D eigenvalue weighted by Crippen LogP contribution is -2.51. The largest absolute Gasteiger partial charge is 0.471 e. The minimum absolute atomic E-state index is 0.232. The molecule has 0 saturated carbocycles. The molecule has 0 radical (unpaired) electrons. The molecular weight excluding hydrogens is 253 g/mol. The average Bonchev–Trinajstić information content (AvgIpc) is 2.27. The Kier molecular flexibility index (Phi) is 4.42. The zero-order valence-corrected chi connectivity index (χ0v) is 9.90. The van der Waals surface area contributed by atoms with E-state index < -0.39 is 24.2 Å². The van der Waals surface area contributed by atoms with Crippen LogP contribution >= 0.6 is 0 Å². The van der Waals surface area contributed by atoms with Crippen LogP contribution in [-0.4, -0.2) is 59.3 Å². The highest BCUT2D eigenvalue weighted by Gasteiger charge is 2.42. The Hall–Kier alpha value is -1.47. The molecule has 1 fully saturated rings. The van der Waals surface area contributed by atoms with Crippen LogP contribution in [0.5, 0.6) is 0 Å². The van der Waals surface area contributed by atoms with Crippen LogP contribution in [0.15, 0.2) is 0 Å². The predicted molar refractivity (Wildman–Crippen MR) is 56.1 cm³/mol. The number of carboxylic acid groups (broad SMARTS) is 1. The van der Waals surface area contributed by atoms with Crippen molar-refractivity contribution in [1.29, 1.82) is 0 Å². The highest BCUT2D eigenvalue weighted by atomic mass is 19.4. The summed E-state index contributed by atoms with van der Waals surface area (Å²) in [5.74, 6) is -1.95. The van der Waals surface area contributed by atoms with E-state index in [-0.39, 0.29) is 6.54 Å². The Labute approximate surface area is 102 Å². The van der Waals surface area contributed by atoms with Crippen LogP contribution in [0.3, 0.4) is 0 Å². The van der Waals surface area contributed by atoms with Crippen molar-refractivity contribution in [1.82, 2.24) is 9.80 Å². The molecular formula is C10H15F3N2O3. The molecule has 1 rings (SSSR count). The topological polar surface area (TPSA) is 60.9 Å². The Morgan fingerprint density at radius 3 is 2.50 bits per heavy atom. The number of piperidine rings is 1. The van der Waals surface area contributed by atoms with Crippen molar-refractivity contribution >= 4 is 12.0 Å². The first kappa shape index (κ1) is 14.6. The van der Waals surface area contributed by atoms with Crippen molar-refractivity contribution in [3.8, 4) is 0 Å². The van der Waals surface area contributed by atoms with Crippen LogP contribution < -0.4 is 0 Å². The third kappa shape index (κ3) is 3.51. The minimum Gasteiger partial charge on any atom is -0.465 e. The van der Waals surface area contributed by atoms with Gasteiger partial charge in [-0.3, -0.25) is 4.79 Å². The molecule has 1 heterocycles. The van der Waals surface area contributed by atoms with E-state index in [9.17, 15) is 22.8 Å². The van der Waals surface area contributed by atoms with Gasteiger partial charge in [0.1, 0.15) is 0 Å². The van der Waals surface area contributed by atoms with Gasteiger partial charge in [0.25, 0.3) is 0 Å². The zero-order chi connectivity index (χ0) is 13.9. The van der Waals surface area contributed by atoms with E-state index in [0.29, 0.717) is 24.3 Å². The smallest absolute Gasteiger partial charge is 0.465 e. The molecule has 2 amide bonds. The fourth-order valence-corrected chi connectivity index (χ4v) is 2.06. The lowest BCUT2D eigenvalue weighted by molar-refractivity contribution is -0.184. The first-order valence-corrected chi connectivity index (χ1v) is 5.55. The standard InChI is InChI=1S/C10H15F3N2O3/c1-14(8(16)10(11,12)13)6-7-4-2-3-5-15(7)9(17)18/h7H,2-6H2,1H3,(H,17,18)/t7-/m1/s1. The SMILES string of the molecule is CN(C[C@H]1CCCCN1C(=O)O)C(=O)C(F)(F)F. The van der Waals surface area contributed by atoms with Crippen LogP contribution in [0.2, 0.25) is 0 Å². The second kappa shape index (κ2) is 5.45. The molecule has 0 aliphatic carbocycles. The summed E-state index contributed by atoms with van der Waals surface area (Å²) in [5, 5.41) is 8.92. The lowest BCUT2D eigenvalue weighted by Gasteiger charge is -2.36. The molecule has 18 heavy (non-hydrogen) atoms. The van der Waals surface area contributed by atoms with Gasteiger partial charge in [-0.1, -0.05) is 0 Å². The summed E-state index contributed by atoms with van der Waals surface area (Å²) in [7, 11) is 1.03. The number of nitrogens with zero attached hydrogens (tertiary/aromatic N) is 2. The molecule has 1 saturated heterocycles. The maximum Gasteiger partial charge on any atom is 0.471 e. The summed E-state index contributed by atoms with van der Waals surface area (Å²) in [6.45, 7) is 0.0681. The minimum atomic E-state index is -4.92. The van der Waals surface area contributed by atoms with Crippen LogP contribution in [0.4, 0.5) is 18.0 Å². The maximum absolute atomic E-state index is 12.2. The molecule has 0 bridgehead atoms. The molecule has 104 valence electrons. The fourth-order valence-electron chi connectivity index (χ4n) is 2.06. The second-order valence-corrected chi connectivity index (χ2v) is 4.31. The molecule has 1 aliphatic heterocycles. The summed E-state index contributed by atoms with van der Waals surface area (Å²) in [6, 6.07) is -0.562. The van der Waals surface area contributed by atoms with Crippen LogP contribution in [0.25, 0.3) is 0 Å². The van der Waals surface area contributed by atoms with Gasteiger partial charge in [0.2, 0.25) is 0 Å². The Bertz CT molecular complexity index is 333. The van der Waals surface area contributed by atoms with Crippen molar-refractivity contribution in [2.24, 2.45) is 0 Å². The van der Waals surface area contributed by atoms with Crippen molar-refractivity contribution in [3.63, 3.8) is 0 Å². The van der Waals surface area contributed by atoms with Crippen LogP contribution in [0.1, 0.15) is 19.3 Å². The normalized spacial score (nSPS) is 20.7. The van der Waals surface area contributed by atoms with Gasteiger partial charge in [-0.2, -0.15) is 13.2 Å². The Morgan fingerprint density at radius 2 is 2.00 bits per heavy atom. The van der Waals surface area contributed by atoms with Gasteiger partial charge in [-0.05, 0) is 19.3 Å². The van der Waals surface area contributed by atoms with Crippen molar-refractivity contribution in [2.75, 3.05) is 20.1 Å². The van der Waals surface area contributed by atoms with Crippen molar-refractivity contribution < 1.29 is 27.9 Å². The first-order valence-electron chi connectivity index (χ1n) is 5.55. The van der Waals surface area contributed by atoms with Crippen molar-refractivity contribution in [3.05, 3.63) is 0 Å². The number of halogens is 3. The van der Waals surface area contributed by atoms with E-state index in [2.05, 4.69) is 0 Å². The molecule has 0 aromatic heterocycles. The van der Waals surface area contributed by atoms with Gasteiger partial charge in [-0.15, -0.1) is 0 Å². The quantitative estimate of drug-likeness (QED) is 0.826. The number of carbonyl (C=O) groups is 2. The molecule has 1 atom stereocenters. The van der Waals surface area contributed by atoms with E-state index in [1.807, 2.05) is 0 Å². The third-order valence-electron chi connectivity index (χ3n) is 2.95. The lowest BCUT2D eigenvalue weighted by atomic mass is 10.0. The van der Waals surface area contributed by atoms with Crippen LogP contribution in [-0.2, 0) is 4.79 Å². The van der Waals surface area contributed by atoms with Gasteiger partial charge in [0.15, 0.2) is 0 Å². The van der Waals surface area contributed by atoms with Gasteiger partial charge in [-0.25, -0.2) is 4.79 Å². The molecule has 8 heteroatoms.